The van der Waals surface area contributed by atoms with Crippen LogP contribution >= 0.6 is 0 Å². The minimum atomic E-state index is -0.481. The first-order valence-electron chi connectivity index (χ1n) is 7.72. The summed E-state index contributed by atoms with van der Waals surface area (Å²) in [6.07, 6.45) is 3.75. The van der Waals surface area contributed by atoms with Gasteiger partial charge in [-0.2, -0.15) is 0 Å². The Kier molecular flexibility index (Phi) is 3.24. The molecule has 1 saturated carbocycles. The van der Waals surface area contributed by atoms with Crippen molar-refractivity contribution in [3.8, 4) is 0 Å². The number of nitrogens with two attached hydrogens (primary N) is 1. The average molecular weight is 288 g/mol. The Hall–Kier alpha value is -1.55. The lowest BCUT2D eigenvalue weighted by atomic mass is 9.72. The molecular weight excluding hydrogens is 264 g/mol. The fraction of sp³-hybridized carbons (Fsp3) is 0.588. The summed E-state index contributed by atoms with van der Waals surface area (Å²) in [5.41, 5.74) is 9.06. The van der Waals surface area contributed by atoms with Gasteiger partial charge in [-0.15, -0.1) is 0 Å². The molecule has 0 bridgehead atoms. The maximum absolute atomic E-state index is 12.5. The lowest BCUT2D eigenvalue weighted by molar-refractivity contribution is 0.0583. The Morgan fingerprint density at radius 1 is 1.33 bits per heavy atom. The van der Waals surface area contributed by atoms with Crippen molar-refractivity contribution in [1.82, 2.24) is 0 Å². The van der Waals surface area contributed by atoms with Crippen molar-refractivity contribution in [2.75, 3.05) is 11.4 Å². The standard InChI is InChI=1S/C17H24N2O2/c1-16(2,3)21-15(20)19-11-8-12-6-4-7-13(14(12)19)17(18)9-5-10-17/h4,6-7H,5,8-11,18H2,1-3H3. The number of rotatable bonds is 1. The summed E-state index contributed by atoms with van der Waals surface area (Å²) in [4.78, 5) is 14.2. The predicted octanol–water partition coefficient (Wildman–Crippen LogP) is 3.32. The van der Waals surface area contributed by atoms with Crippen molar-refractivity contribution in [3.05, 3.63) is 29.3 Å². The third-order valence-electron chi connectivity index (χ3n) is 4.39. The van der Waals surface area contributed by atoms with Gasteiger partial charge in [0.05, 0.1) is 5.69 Å². The minimum absolute atomic E-state index is 0.267. The highest BCUT2D eigenvalue weighted by Crippen LogP contribution is 2.45. The van der Waals surface area contributed by atoms with Gasteiger partial charge in [-0.1, -0.05) is 18.2 Å². The van der Waals surface area contributed by atoms with E-state index in [0.29, 0.717) is 6.54 Å². The molecule has 0 radical (unpaired) electrons. The van der Waals surface area contributed by atoms with Crippen LogP contribution in [0.2, 0.25) is 0 Å². The molecule has 1 heterocycles. The first kappa shape index (κ1) is 14.4. The molecule has 3 rings (SSSR count). The van der Waals surface area contributed by atoms with Gasteiger partial charge in [-0.3, -0.25) is 4.90 Å². The van der Waals surface area contributed by atoms with Crippen LogP contribution in [0.5, 0.6) is 0 Å². The topological polar surface area (TPSA) is 55.6 Å². The number of hydrogen-bond donors (Lipinski definition) is 1. The minimum Gasteiger partial charge on any atom is -0.443 e. The van der Waals surface area contributed by atoms with Crippen LogP contribution in [-0.2, 0) is 16.7 Å². The lowest BCUT2D eigenvalue weighted by Crippen LogP contribution is -2.45. The van der Waals surface area contributed by atoms with E-state index < -0.39 is 5.60 Å². The van der Waals surface area contributed by atoms with Gasteiger partial charge in [0, 0.05) is 12.1 Å². The van der Waals surface area contributed by atoms with E-state index in [2.05, 4.69) is 18.2 Å². The van der Waals surface area contributed by atoms with Gasteiger partial charge < -0.3 is 10.5 Å². The molecule has 0 atom stereocenters. The normalized spacial score (nSPS) is 19.9. The summed E-state index contributed by atoms with van der Waals surface area (Å²) >= 11 is 0. The van der Waals surface area contributed by atoms with Crippen LogP contribution in [-0.4, -0.2) is 18.2 Å². The summed E-state index contributed by atoms with van der Waals surface area (Å²) in [6, 6.07) is 6.21. The largest absolute Gasteiger partial charge is 0.443 e. The van der Waals surface area contributed by atoms with Crippen molar-refractivity contribution in [3.63, 3.8) is 0 Å². The monoisotopic (exact) mass is 288 g/mol. The molecule has 1 fully saturated rings. The summed E-state index contributed by atoms with van der Waals surface area (Å²) < 4.78 is 5.54. The highest BCUT2D eigenvalue weighted by molar-refractivity contribution is 5.92. The first-order chi connectivity index (χ1) is 9.80. The zero-order valence-electron chi connectivity index (χ0n) is 13.1. The van der Waals surface area contributed by atoms with Crippen LogP contribution in [0.4, 0.5) is 10.5 Å². The summed E-state index contributed by atoms with van der Waals surface area (Å²) in [5.74, 6) is 0. The van der Waals surface area contributed by atoms with E-state index in [9.17, 15) is 4.79 Å². The summed E-state index contributed by atoms with van der Waals surface area (Å²) in [7, 11) is 0. The zero-order chi connectivity index (χ0) is 15.3. The lowest BCUT2D eigenvalue weighted by Gasteiger charge is -2.40. The number of amides is 1. The van der Waals surface area contributed by atoms with Crippen molar-refractivity contribution in [2.24, 2.45) is 5.73 Å². The molecule has 4 heteroatoms. The number of para-hydroxylation sites is 1. The van der Waals surface area contributed by atoms with Crippen LogP contribution in [0, 0.1) is 0 Å². The zero-order valence-corrected chi connectivity index (χ0v) is 13.1. The average Bonchev–Trinajstić information content (AvgIpc) is 2.77. The highest BCUT2D eigenvalue weighted by Gasteiger charge is 2.40. The van der Waals surface area contributed by atoms with Gasteiger partial charge in [-0.25, -0.2) is 4.79 Å². The molecule has 1 aromatic carbocycles. The quantitative estimate of drug-likeness (QED) is 0.862. The van der Waals surface area contributed by atoms with Gasteiger partial charge >= 0.3 is 6.09 Å². The van der Waals surface area contributed by atoms with E-state index in [0.717, 1.165) is 36.9 Å². The van der Waals surface area contributed by atoms with Crippen molar-refractivity contribution in [1.29, 1.82) is 0 Å². The molecule has 1 aromatic rings. The molecule has 0 saturated heterocycles. The summed E-state index contributed by atoms with van der Waals surface area (Å²) in [5, 5.41) is 0. The van der Waals surface area contributed by atoms with Crippen molar-refractivity contribution >= 4 is 11.8 Å². The van der Waals surface area contributed by atoms with E-state index in [1.165, 1.54) is 5.56 Å². The van der Waals surface area contributed by atoms with Gasteiger partial charge in [0.25, 0.3) is 0 Å². The van der Waals surface area contributed by atoms with E-state index in [-0.39, 0.29) is 11.6 Å². The third-order valence-corrected chi connectivity index (χ3v) is 4.39. The molecule has 0 aromatic heterocycles. The Morgan fingerprint density at radius 3 is 2.62 bits per heavy atom. The Bertz CT molecular complexity index is 571. The maximum atomic E-state index is 12.5. The number of ether oxygens (including phenoxy) is 1. The molecular formula is C17H24N2O2. The number of fused-ring (bicyclic) bond motifs is 1. The molecule has 1 amide bonds. The number of nitrogens with zero attached hydrogens (tertiary/aromatic N) is 1. The number of carbonyl (C=O) groups excluding carboxylic acids is 1. The highest BCUT2D eigenvalue weighted by atomic mass is 16.6. The Morgan fingerprint density at radius 2 is 2.05 bits per heavy atom. The summed E-state index contributed by atoms with van der Waals surface area (Å²) in [6.45, 7) is 6.36. The molecule has 2 N–H and O–H groups in total. The van der Waals surface area contributed by atoms with E-state index in [4.69, 9.17) is 10.5 Å². The van der Waals surface area contributed by atoms with Crippen molar-refractivity contribution < 1.29 is 9.53 Å². The maximum Gasteiger partial charge on any atom is 0.414 e. The number of anilines is 1. The van der Waals surface area contributed by atoms with E-state index in [1.807, 2.05) is 20.8 Å². The predicted molar refractivity (Wildman–Crippen MR) is 83.4 cm³/mol. The fourth-order valence-corrected chi connectivity index (χ4v) is 3.18. The van der Waals surface area contributed by atoms with E-state index >= 15 is 0 Å². The van der Waals surface area contributed by atoms with Crippen LogP contribution in [0.1, 0.15) is 51.2 Å². The number of benzene rings is 1. The Labute approximate surface area is 126 Å². The molecule has 0 unspecified atom stereocenters. The third kappa shape index (κ3) is 2.53. The SMILES string of the molecule is CC(C)(C)OC(=O)N1CCc2cccc(C3(N)CCC3)c21. The second-order valence-electron chi connectivity index (χ2n) is 7.20. The molecule has 4 nitrogen and oxygen atoms in total. The van der Waals surface area contributed by atoms with Gasteiger partial charge in [-0.05, 0) is 57.6 Å². The molecule has 1 aliphatic carbocycles. The number of hydrogen-bond acceptors (Lipinski definition) is 3. The van der Waals surface area contributed by atoms with Crippen LogP contribution in [0.3, 0.4) is 0 Å². The van der Waals surface area contributed by atoms with Crippen LogP contribution < -0.4 is 10.6 Å². The fourth-order valence-electron chi connectivity index (χ4n) is 3.18. The van der Waals surface area contributed by atoms with Gasteiger partial charge in [0.15, 0.2) is 0 Å². The second kappa shape index (κ2) is 4.73. The molecule has 21 heavy (non-hydrogen) atoms. The van der Waals surface area contributed by atoms with Gasteiger partial charge in [0.2, 0.25) is 0 Å². The Balaban J connectivity index is 1.95. The van der Waals surface area contributed by atoms with E-state index in [1.54, 1.807) is 4.90 Å². The van der Waals surface area contributed by atoms with Crippen LogP contribution in [0.15, 0.2) is 18.2 Å². The first-order valence-corrected chi connectivity index (χ1v) is 7.72. The second-order valence-corrected chi connectivity index (χ2v) is 7.20. The van der Waals surface area contributed by atoms with Gasteiger partial charge in [0.1, 0.15) is 5.60 Å². The molecule has 0 spiro atoms. The molecule has 2 aliphatic rings. The molecule has 1 aliphatic heterocycles. The number of carbonyl (C=O) groups is 1. The van der Waals surface area contributed by atoms with Crippen LogP contribution in [0.25, 0.3) is 0 Å². The smallest absolute Gasteiger partial charge is 0.414 e. The van der Waals surface area contributed by atoms with Crippen molar-refractivity contribution in [2.45, 2.75) is 57.6 Å². The molecule has 114 valence electrons.